The summed E-state index contributed by atoms with van der Waals surface area (Å²) in [7, 11) is 0. The molecule has 0 unspecified atom stereocenters. The minimum Gasteiger partial charge on any atom is -0.466 e. The summed E-state index contributed by atoms with van der Waals surface area (Å²) >= 11 is 0. The van der Waals surface area contributed by atoms with Crippen LogP contribution in [0.5, 0.6) is 0 Å². The lowest BCUT2D eigenvalue weighted by Gasteiger charge is -2.31. The fourth-order valence-electron chi connectivity index (χ4n) is 3.21. The number of hydrogen-bond donors (Lipinski definition) is 0. The lowest BCUT2D eigenvalue weighted by Crippen LogP contribution is -2.40. The molecular weight excluding hydrogens is 314 g/mol. The van der Waals surface area contributed by atoms with E-state index in [0.717, 1.165) is 6.42 Å². The maximum atomic E-state index is 12.4. The second-order valence-electron chi connectivity index (χ2n) is 7.85. The molecule has 1 heterocycles. The van der Waals surface area contributed by atoms with Crippen molar-refractivity contribution in [1.82, 2.24) is 4.90 Å². The predicted octanol–water partition coefficient (Wildman–Crippen LogP) is 3.72. The van der Waals surface area contributed by atoms with Crippen molar-refractivity contribution in [2.45, 2.75) is 58.8 Å². The van der Waals surface area contributed by atoms with Gasteiger partial charge < -0.3 is 9.64 Å². The van der Waals surface area contributed by atoms with Gasteiger partial charge in [-0.1, -0.05) is 45.0 Å². The highest BCUT2D eigenvalue weighted by molar-refractivity contribution is 5.77. The lowest BCUT2D eigenvalue weighted by atomic mass is 9.86. The second kappa shape index (κ2) is 8.50. The van der Waals surface area contributed by atoms with Crippen molar-refractivity contribution < 1.29 is 14.3 Å². The molecule has 0 spiro atoms. The third kappa shape index (κ3) is 5.58. The van der Waals surface area contributed by atoms with Gasteiger partial charge in [0.2, 0.25) is 5.91 Å². The quantitative estimate of drug-likeness (QED) is 0.764. The number of piperidine rings is 1. The molecule has 1 fully saturated rings. The van der Waals surface area contributed by atoms with Crippen LogP contribution in [0.1, 0.15) is 58.1 Å². The summed E-state index contributed by atoms with van der Waals surface area (Å²) in [4.78, 5) is 26.1. The third-order valence-corrected chi connectivity index (χ3v) is 4.92. The van der Waals surface area contributed by atoms with Crippen molar-refractivity contribution in [1.29, 1.82) is 0 Å². The van der Waals surface area contributed by atoms with Crippen LogP contribution < -0.4 is 0 Å². The number of aryl methyl sites for hydroxylation is 1. The molecule has 1 aliphatic rings. The number of rotatable bonds is 5. The first-order valence-corrected chi connectivity index (χ1v) is 9.35. The Labute approximate surface area is 151 Å². The number of carbonyl (C=O) groups excluding carboxylic acids is 2. The first-order valence-electron chi connectivity index (χ1n) is 9.35. The molecule has 1 amide bonds. The molecule has 4 nitrogen and oxygen atoms in total. The highest BCUT2D eigenvalue weighted by Crippen LogP contribution is 2.23. The zero-order chi connectivity index (χ0) is 18.4. The summed E-state index contributed by atoms with van der Waals surface area (Å²) in [5.41, 5.74) is 2.66. The van der Waals surface area contributed by atoms with E-state index < -0.39 is 0 Å². The van der Waals surface area contributed by atoms with Crippen LogP contribution in [0.2, 0.25) is 0 Å². The monoisotopic (exact) mass is 345 g/mol. The van der Waals surface area contributed by atoms with Crippen LogP contribution in [0.25, 0.3) is 0 Å². The van der Waals surface area contributed by atoms with Crippen molar-refractivity contribution in [3.05, 3.63) is 35.4 Å². The Hall–Kier alpha value is -1.84. The summed E-state index contributed by atoms with van der Waals surface area (Å²) in [5.74, 6) is 0.0182. The van der Waals surface area contributed by atoms with Gasteiger partial charge in [0.15, 0.2) is 0 Å². The van der Waals surface area contributed by atoms with Crippen molar-refractivity contribution in [3.8, 4) is 0 Å². The largest absolute Gasteiger partial charge is 0.466 e. The SMILES string of the molecule is CCOC(=O)C1CCN(C(=O)CCc2ccc(C(C)(C)C)cc2)CC1. The molecule has 0 N–H and O–H groups in total. The van der Waals surface area contributed by atoms with Crippen LogP contribution in [0, 0.1) is 5.92 Å². The van der Waals surface area contributed by atoms with Crippen LogP contribution in [-0.4, -0.2) is 36.5 Å². The maximum Gasteiger partial charge on any atom is 0.309 e. The number of ether oxygens (including phenoxy) is 1. The molecule has 0 atom stereocenters. The predicted molar refractivity (Wildman–Crippen MR) is 99.4 cm³/mol. The summed E-state index contributed by atoms with van der Waals surface area (Å²) in [5, 5.41) is 0. The van der Waals surface area contributed by atoms with Gasteiger partial charge in [0.05, 0.1) is 12.5 Å². The van der Waals surface area contributed by atoms with Crippen molar-refractivity contribution in [2.24, 2.45) is 5.92 Å². The van der Waals surface area contributed by atoms with Crippen molar-refractivity contribution in [2.75, 3.05) is 19.7 Å². The summed E-state index contributed by atoms with van der Waals surface area (Å²) < 4.78 is 5.07. The minimum absolute atomic E-state index is 0.0473. The summed E-state index contributed by atoms with van der Waals surface area (Å²) in [6.07, 6.45) is 2.72. The highest BCUT2D eigenvalue weighted by Gasteiger charge is 2.27. The van der Waals surface area contributed by atoms with E-state index in [2.05, 4.69) is 45.0 Å². The van der Waals surface area contributed by atoms with Crippen LogP contribution in [0.3, 0.4) is 0 Å². The second-order valence-corrected chi connectivity index (χ2v) is 7.85. The smallest absolute Gasteiger partial charge is 0.309 e. The Morgan fingerprint density at radius 1 is 1.12 bits per heavy atom. The molecule has 0 radical (unpaired) electrons. The topological polar surface area (TPSA) is 46.6 Å². The molecule has 1 saturated heterocycles. The number of esters is 1. The Morgan fingerprint density at radius 3 is 2.24 bits per heavy atom. The number of carbonyl (C=O) groups is 2. The lowest BCUT2D eigenvalue weighted by molar-refractivity contribution is -0.151. The van der Waals surface area contributed by atoms with Gasteiger partial charge in [-0.15, -0.1) is 0 Å². The van der Waals surface area contributed by atoms with Crippen LogP contribution in [0.4, 0.5) is 0 Å². The van der Waals surface area contributed by atoms with Crippen LogP contribution in [-0.2, 0) is 26.2 Å². The van der Waals surface area contributed by atoms with Crippen molar-refractivity contribution in [3.63, 3.8) is 0 Å². The van der Waals surface area contributed by atoms with Gasteiger partial charge in [-0.3, -0.25) is 9.59 Å². The average molecular weight is 345 g/mol. The zero-order valence-electron chi connectivity index (χ0n) is 16.0. The number of likely N-dealkylation sites (tertiary alicyclic amines) is 1. The minimum atomic E-state index is -0.117. The average Bonchev–Trinajstić information content (AvgIpc) is 2.59. The van der Waals surface area contributed by atoms with Crippen molar-refractivity contribution >= 4 is 11.9 Å². The van der Waals surface area contributed by atoms with Gasteiger partial charge in [-0.05, 0) is 42.7 Å². The first kappa shape index (κ1) is 19.5. The van der Waals surface area contributed by atoms with Gasteiger partial charge in [0.1, 0.15) is 0 Å². The number of nitrogens with zero attached hydrogens (tertiary/aromatic N) is 1. The van der Waals surface area contributed by atoms with E-state index in [1.165, 1.54) is 11.1 Å². The van der Waals surface area contributed by atoms with Gasteiger partial charge in [-0.2, -0.15) is 0 Å². The van der Waals surface area contributed by atoms with E-state index in [0.29, 0.717) is 39.0 Å². The van der Waals surface area contributed by atoms with Gasteiger partial charge >= 0.3 is 5.97 Å². The maximum absolute atomic E-state index is 12.4. The van der Waals surface area contributed by atoms with Gasteiger partial charge in [0, 0.05) is 19.5 Å². The molecule has 0 bridgehead atoms. The molecular formula is C21H31NO3. The fourth-order valence-corrected chi connectivity index (χ4v) is 3.21. The van der Waals surface area contributed by atoms with E-state index in [1.807, 2.05) is 11.8 Å². The number of benzene rings is 1. The highest BCUT2D eigenvalue weighted by atomic mass is 16.5. The Balaban J connectivity index is 1.78. The molecule has 1 aliphatic heterocycles. The molecule has 138 valence electrons. The fraction of sp³-hybridized carbons (Fsp3) is 0.619. The molecule has 25 heavy (non-hydrogen) atoms. The Bertz CT molecular complexity index is 578. The van der Waals surface area contributed by atoms with Gasteiger partial charge in [-0.25, -0.2) is 0 Å². The molecule has 0 aromatic heterocycles. The number of hydrogen-bond acceptors (Lipinski definition) is 3. The summed E-state index contributed by atoms with van der Waals surface area (Å²) in [6, 6.07) is 8.57. The molecule has 1 aromatic carbocycles. The molecule has 4 heteroatoms. The van der Waals surface area contributed by atoms with E-state index >= 15 is 0 Å². The van der Waals surface area contributed by atoms with Gasteiger partial charge in [0.25, 0.3) is 0 Å². The van der Waals surface area contributed by atoms with Crippen LogP contribution in [0.15, 0.2) is 24.3 Å². The Morgan fingerprint density at radius 2 is 1.72 bits per heavy atom. The van der Waals surface area contributed by atoms with E-state index in [1.54, 1.807) is 0 Å². The molecule has 0 saturated carbocycles. The van der Waals surface area contributed by atoms with E-state index in [-0.39, 0.29) is 23.2 Å². The zero-order valence-corrected chi connectivity index (χ0v) is 16.0. The molecule has 0 aliphatic carbocycles. The number of amides is 1. The molecule has 2 rings (SSSR count). The van der Waals surface area contributed by atoms with E-state index in [9.17, 15) is 9.59 Å². The third-order valence-electron chi connectivity index (χ3n) is 4.92. The summed E-state index contributed by atoms with van der Waals surface area (Å²) in [6.45, 7) is 10.2. The van der Waals surface area contributed by atoms with Crippen LogP contribution >= 0.6 is 0 Å². The standard InChI is InChI=1S/C21H31NO3/c1-5-25-20(24)17-12-14-22(15-13-17)19(23)11-8-16-6-9-18(10-7-16)21(2,3)4/h6-7,9-10,17H,5,8,11-15H2,1-4H3. The normalized spacial score (nSPS) is 15.9. The Kier molecular flexibility index (Phi) is 6.63. The first-order chi connectivity index (χ1) is 11.8. The van der Waals surface area contributed by atoms with E-state index in [4.69, 9.17) is 4.74 Å². The molecule has 1 aromatic rings.